The molecule has 0 aliphatic carbocycles. The fourth-order valence-electron chi connectivity index (χ4n) is 1.72. The van der Waals surface area contributed by atoms with Gasteiger partial charge in [0.2, 0.25) is 5.91 Å². The van der Waals surface area contributed by atoms with Gasteiger partial charge in [0.05, 0.1) is 12.1 Å². The van der Waals surface area contributed by atoms with Gasteiger partial charge in [-0.3, -0.25) is 10.1 Å². The summed E-state index contributed by atoms with van der Waals surface area (Å²) in [6, 6.07) is 7.87. The molecule has 0 aromatic heterocycles. The summed E-state index contributed by atoms with van der Waals surface area (Å²) < 4.78 is 5.39. The summed E-state index contributed by atoms with van der Waals surface area (Å²) in [4.78, 5) is 11.3. The van der Waals surface area contributed by atoms with Gasteiger partial charge in [0, 0.05) is 6.04 Å². The molecule has 1 atom stereocenters. The monoisotopic (exact) mass is 250 g/mol. The minimum absolute atomic E-state index is 0.0446. The molecule has 4 nitrogen and oxygen atoms in total. The highest BCUT2D eigenvalue weighted by Crippen LogP contribution is 2.19. The van der Waals surface area contributed by atoms with Crippen LogP contribution >= 0.6 is 0 Å². The number of nitrogens with two attached hydrogens (primary N) is 1. The molecule has 0 aliphatic heterocycles. The summed E-state index contributed by atoms with van der Waals surface area (Å²) in [6.45, 7) is 8.16. The molecule has 1 rings (SSSR count). The van der Waals surface area contributed by atoms with Crippen molar-refractivity contribution in [3.05, 3.63) is 29.8 Å². The van der Waals surface area contributed by atoms with Gasteiger partial charge < -0.3 is 10.5 Å². The molecule has 0 fully saturated rings. The van der Waals surface area contributed by atoms with Gasteiger partial charge in [-0.15, -0.1) is 0 Å². The predicted octanol–water partition coefficient (Wildman–Crippen LogP) is 2.00. The fraction of sp³-hybridized carbons (Fsp3) is 0.500. The van der Waals surface area contributed by atoms with Crippen LogP contribution in [0.15, 0.2) is 24.3 Å². The highest BCUT2D eigenvalue weighted by molar-refractivity contribution is 5.83. The lowest BCUT2D eigenvalue weighted by molar-refractivity contribution is -0.123. The van der Waals surface area contributed by atoms with Gasteiger partial charge >= 0.3 is 0 Å². The Labute approximate surface area is 109 Å². The molecule has 4 heteroatoms. The Morgan fingerprint density at radius 3 is 2.39 bits per heavy atom. The third-order valence-corrected chi connectivity index (χ3v) is 2.88. The van der Waals surface area contributed by atoms with E-state index in [2.05, 4.69) is 5.32 Å². The minimum Gasteiger partial charge on any atom is -0.494 e. The third kappa shape index (κ3) is 3.74. The maximum absolute atomic E-state index is 11.3. The van der Waals surface area contributed by atoms with Crippen molar-refractivity contribution in [1.29, 1.82) is 0 Å². The second-order valence-corrected chi connectivity index (χ2v) is 4.86. The first-order valence-electron chi connectivity index (χ1n) is 6.17. The predicted molar refractivity (Wildman–Crippen MR) is 72.4 cm³/mol. The molecule has 100 valence electrons. The van der Waals surface area contributed by atoms with Crippen LogP contribution in [0.2, 0.25) is 0 Å². The number of hydrogen-bond donors (Lipinski definition) is 2. The molecule has 0 aliphatic rings. The quantitative estimate of drug-likeness (QED) is 0.811. The molecule has 1 unspecified atom stereocenters. The van der Waals surface area contributed by atoms with Gasteiger partial charge in [-0.25, -0.2) is 0 Å². The van der Waals surface area contributed by atoms with Gasteiger partial charge in [0.15, 0.2) is 0 Å². The van der Waals surface area contributed by atoms with Crippen LogP contribution in [0.25, 0.3) is 0 Å². The van der Waals surface area contributed by atoms with Gasteiger partial charge in [0.1, 0.15) is 5.75 Å². The van der Waals surface area contributed by atoms with E-state index < -0.39 is 5.54 Å². The average Bonchev–Trinajstić information content (AvgIpc) is 2.29. The maximum Gasteiger partial charge on any atom is 0.237 e. The lowest BCUT2D eigenvalue weighted by Crippen LogP contribution is -2.51. The largest absolute Gasteiger partial charge is 0.494 e. The number of amides is 1. The van der Waals surface area contributed by atoms with Crippen LogP contribution < -0.4 is 15.8 Å². The number of hydrogen-bond acceptors (Lipinski definition) is 3. The molecule has 0 saturated heterocycles. The zero-order valence-corrected chi connectivity index (χ0v) is 11.5. The van der Waals surface area contributed by atoms with E-state index in [1.807, 2.05) is 38.1 Å². The normalized spacial score (nSPS) is 13.1. The number of primary amides is 1. The summed E-state index contributed by atoms with van der Waals surface area (Å²) >= 11 is 0. The number of rotatable bonds is 6. The molecule has 0 bridgehead atoms. The fourth-order valence-corrected chi connectivity index (χ4v) is 1.72. The zero-order valence-electron chi connectivity index (χ0n) is 11.5. The Hall–Kier alpha value is -1.55. The molecular weight excluding hydrogens is 228 g/mol. The SMILES string of the molecule is CCOc1ccc(C(C)NC(C)(C)C(N)=O)cc1. The number of carbonyl (C=O) groups is 1. The highest BCUT2D eigenvalue weighted by atomic mass is 16.5. The molecule has 0 spiro atoms. The van der Waals surface area contributed by atoms with Crippen molar-refractivity contribution in [3.63, 3.8) is 0 Å². The van der Waals surface area contributed by atoms with Gasteiger partial charge in [-0.1, -0.05) is 12.1 Å². The second kappa shape index (κ2) is 5.87. The van der Waals surface area contributed by atoms with Crippen molar-refractivity contribution in [2.24, 2.45) is 5.73 Å². The first kappa shape index (κ1) is 14.5. The minimum atomic E-state index is -0.724. The summed E-state index contributed by atoms with van der Waals surface area (Å²) in [6.07, 6.45) is 0. The third-order valence-electron chi connectivity index (χ3n) is 2.88. The van der Waals surface area contributed by atoms with Crippen LogP contribution in [0.1, 0.15) is 39.3 Å². The summed E-state index contributed by atoms with van der Waals surface area (Å²) in [7, 11) is 0. The van der Waals surface area contributed by atoms with Crippen molar-refractivity contribution in [2.45, 2.75) is 39.3 Å². The van der Waals surface area contributed by atoms with Crippen LogP contribution in [0.4, 0.5) is 0 Å². The molecule has 0 heterocycles. The van der Waals surface area contributed by atoms with Crippen LogP contribution in [-0.4, -0.2) is 18.1 Å². The van der Waals surface area contributed by atoms with E-state index in [4.69, 9.17) is 10.5 Å². The van der Waals surface area contributed by atoms with E-state index >= 15 is 0 Å². The van der Waals surface area contributed by atoms with Crippen LogP contribution in [0, 0.1) is 0 Å². The Kier molecular flexibility index (Phi) is 4.73. The van der Waals surface area contributed by atoms with E-state index in [1.165, 1.54) is 0 Å². The van der Waals surface area contributed by atoms with Crippen molar-refractivity contribution < 1.29 is 9.53 Å². The lowest BCUT2D eigenvalue weighted by atomic mass is 10.0. The van der Waals surface area contributed by atoms with E-state index in [9.17, 15) is 4.79 Å². The standard InChI is InChI=1S/C14H22N2O2/c1-5-18-12-8-6-11(7-9-12)10(2)16-14(3,4)13(15)17/h6-10,16H,5H2,1-4H3,(H2,15,17). The van der Waals surface area contributed by atoms with Crippen molar-refractivity contribution in [2.75, 3.05) is 6.61 Å². The van der Waals surface area contributed by atoms with Crippen molar-refractivity contribution in [3.8, 4) is 5.75 Å². The molecule has 3 N–H and O–H groups in total. The van der Waals surface area contributed by atoms with Crippen LogP contribution in [0.5, 0.6) is 5.75 Å². The van der Waals surface area contributed by atoms with Crippen LogP contribution in [-0.2, 0) is 4.79 Å². The van der Waals surface area contributed by atoms with Gasteiger partial charge in [-0.05, 0) is 45.4 Å². The lowest BCUT2D eigenvalue weighted by Gasteiger charge is -2.27. The molecule has 0 saturated carbocycles. The molecule has 18 heavy (non-hydrogen) atoms. The van der Waals surface area contributed by atoms with E-state index in [1.54, 1.807) is 13.8 Å². The molecule has 1 amide bonds. The maximum atomic E-state index is 11.3. The smallest absolute Gasteiger partial charge is 0.237 e. The second-order valence-electron chi connectivity index (χ2n) is 4.86. The van der Waals surface area contributed by atoms with E-state index in [0.29, 0.717) is 6.61 Å². The zero-order chi connectivity index (χ0) is 13.8. The summed E-state index contributed by atoms with van der Waals surface area (Å²) in [5, 5.41) is 3.21. The topological polar surface area (TPSA) is 64.3 Å². The molecule has 1 aromatic rings. The number of carbonyl (C=O) groups excluding carboxylic acids is 1. The number of benzene rings is 1. The Morgan fingerprint density at radius 1 is 1.39 bits per heavy atom. The Morgan fingerprint density at radius 2 is 1.94 bits per heavy atom. The average molecular weight is 250 g/mol. The van der Waals surface area contributed by atoms with Gasteiger partial charge in [-0.2, -0.15) is 0 Å². The molecule has 0 radical (unpaired) electrons. The Balaban J connectivity index is 2.72. The first-order valence-corrected chi connectivity index (χ1v) is 6.17. The highest BCUT2D eigenvalue weighted by Gasteiger charge is 2.26. The first-order chi connectivity index (χ1) is 8.36. The Bertz CT molecular complexity index is 399. The number of ether oxygens (including phenoxy) is 1. The summed E-state index contributed by atoms with van der Waals surface area (Å²) in [5.74, 6) is 0.489. The van der Waals surface area contributed by atoms with Crippen molar-refractivity contribution in [1.82, 2.24) is 5.32 Å². The van der Waals surface area contributed by atoms with E-state index in [-0.39, 0.29) is 11.9 Å². The van der Waals surface area contributed by atoms with Crippen LogP contribution in [0.3, 0.4) is 0 Å². The molecule has 1 aromatic carbocycles. The van der Waals surface area contributed by atoms with Gasteiger partial charge in [0.25, 0.3) is 0 Å². The molecular formula is C14H22N2O2. The van der Waals surface area contributed by atoms with E-state index in [0.717, 1.165) is 11.3 Å². The van der Waals surface area contributed by atoms with Crippen molar-refractivity contribution >= 4 is 5.91 Å². The summed E-state index contributed by atoms with van der Waals surface area (Å²) in [5.41, 5.74) is 5.71. The number of nitrogens with one attached hydrogen (secondary N) is 1.